The number of imidazole rings is 1. The predicted octanol–water partition coefficient (Wildman–Crippen LogP) is 2.48. The van der Waals surface area contributed by atoms with Crippen LogP contribution in [0.15, 0.2) is 23.0 Å². The lowest BCUT2D eigenvalue weighted by Gasteiger charge is -2.19. The van der Waals surface area contributed by atoms with E-state index in [1.165, 1.54) is 6.07 Å². The highest BCUT2D eigenvalue weighted by atomic mass is 32.2. The van der Waals surface area contributed by atoms with E-state index in [1.54, 1.807) is 28.5 Å². The molecule has 1 aromatic heterocycles. The molecular weight excluding hydrogens is 276 g/mol. The van der Waals surface area contributed by atoms with E-state index in [1.807, 2.05) is 0 Å². The maximum Gasteiger partial charge on any atom is 0.335 e. The van der Waals surface area contributed by atoms with Gasteiger partial charge in [-0.2, -0.15) is 11.8 Å². The van der Waals surface area contributed by atoms with Gasteiger partial charge in [-0.1, -0.05) is 6.42 Å². The van der Waals surface area contributed by atoms with Crippen LogP contribution < -0.4 is 5.69 Å². The van der Waals surface area contributed by atoms with Crippen LogP contribution in [0.25, 0.3) is 11.0 Å². The number of carbonyl (C=O) groups is 1. The van der Waals surface area contributed by atoms with E-state index in [0.717, 1.165) is 24.8 Å². The minimum atomic E-state index is -0.983. The number of nitrogens with zero attached hydrogens (tertiary/aromatic N) is 1. The van der Waals surface area contributed by atoms with Crippen LogP contribution in [0.4, 0.5) is 0 Å². The van der Waals surface area contributed by atoms with Crippen molar-refractivity contribution in [3.8, 4) is 0 Å². The lowest BCUT2D eigenvalue weighted by Crippen LogP contribution is -2.25. The van der Waals surface area contributed by atoms with E-state index in [4.69, 9.17) is 5.11 Å². The number of fused-ring (bicyclic) bond motifs is 1. The quantitative estimate of drug-likeness (QED) is 0.911. The third-order valence-corrected chi connectivity index (χ3v) is 5.17. The van der Waals surface area contributed by atoms with Crippen LogP contribution in [-0.2, 0) is 0 Å². The number of thioether (sulfide) groups is 1. The number of carboxylic acid groups (broad SMARTS) is 1. The Morgan fingerprint density at radius 2 is 2.25 bits per heavy atom. The van der Waals surface area contributed by atoms with Crippen LogP contribution in [-0.4, -0.2) is 32.1 Å². The van der Waals surface area contributed by atoms with Gasteiger partial charge in [0, 0.05) is 5.25 Å². The molecule has 2 unspecified atom stereocenters. The van der Waals surface area contributed by atoms with Crippen molar-refractivity contribution in [2.75, 3.05) is 6.26 Å². The third kappa shape index (κ3) is 2.04. The van der Waals surface area contributed by atoms with Gasteiger partial charge < -0.3 is 10.1 Å². The van der Waals surface area contributed by atoms with Crippen molar-refractivity contribution in [3.05, 3.63) is 34.2 Å². The summed E-state index contributed by atoms with van der Waals surface area (Å²) in [7, 11) is 0. The van der Waals surface area contributed by atoms with Gasteiger partial charge >= 0.3 is 11.7 Å². The fourth-order valence-corrected chi connectivity index (χ4v) is 4.04. The van der Waals surface area contributed by atoms with Crippen molar-refractivity contribution in [2.24, 2.45) is 0 Å². The average Bonchev–Trinajstić information content (AvgIpc) is 2.99. The molecule has 0 saturated heterocycles. The number of rotatable bonds is 3. The van der Waals surface area contributed by atoms with E-state index >= 15 is 0 Å². The molecule has 0 spiro atoms. The van der Waals surface area contributed by atoms with E-state index < -0.39 is 5.97 Å². The normalized spacial score (nSPS) is 22.4. The van der Waals surface area contributed by atoms with Gasteiger partial charge in [0.25, 0.3) is 0 Å². The first-order chi connectivity index (χ1) is 9.61. The van der Waals surface area contributed by atoms with Gasteiger partial charge in [0.05, 0.1) is 22.6 Å². The summed E-state index contributed by atoms with van der Waals surface area (Å²) in [5, 5.41) is 9.46. The molecule has 106 valence electrons. The molecule has 0 radical (unpaired) electrons. The number of aromatic nitrogens is 2. The number of hydrogen-bond acceptors (Lipinski definition) is 3. The fraction of sp³-hybridized carbons (Fsp3) is 0.429. The van der Waals surface area contributed by atoms with E-state index in [-0.39, 0.29) is 17.3 Å². The van der Waals surface area contributed by atoms with Gasteiger partial charge in [0.2, 0.25) is 0 Å². The molecule has 1 fully saturated rings. The van der Waals surface area contributed by atoms with Gasteiger partial charge in [-0.3, -0.25) is 4.57 Å². The van der Waals surface area contributed by atoms with Crippen LogP contribution >= 0.6 is 11.8 Å². The molecule has 1 heterocycles. The van der Waals surface area contributed by atoms with Crippen molar-refractivity contribution in [1.82, 2.24) is 9.55 Å². The molecule has 0 amide bonds. The number of aromatic amines is 1. The summed E-state index contributed by atoms with van der Waals surface area (Å²) in [4.78, 5) is 26.0. The van der Waals surface area contributed by atoms with Crippen molar-refractivity contribution in [2.45, 2.75) is 30.6 Å². The number of aromatic carboxylic acids is 1. The first kappa shape index (κ1) is 13.3. The Hall–Kier alpha value is -1.69. The molecule has 2 aromatic rings. The van der Waals surface area contributed by atoms with Crippen LogP contribution in [0, 0.1) is 0 Å². The van der Waals surface area contributed by atoms with Crippen molar-refractivity contribution in [3.63, 3.8) is 0 Å². The van der Waals surface area contributed by atoms with Gasteiger partial charge in [-0.25, -0.2) is 9.59 Å². The van der Waals surface area contributed by atoms with E-state index in [9.17, 15) is 9.59 Å². The third-order valence-electron chi connectivity index (χ3n) is 4.02. The Morgan fingerprint density at radius 1 is 1.45 bits per heavy atom. The molecule has 2 N–H and O–H groups in total. The number of carboxylic acids is 1. The maximum atomic E-state index is 12.2. The van der Waals surface area contributed by atoms with Crippen LogP contribution in [0.5, 0.6) is 0 Å². The molecule has 2 atom stereocenters. The lowest BCUT2D eigenvalue weighted by atomic mass is 10.2. The zero-order chi connectivity index (χ0) is 14.3. The van der Waals surface area contributed by atoms with Gasteiger partial charge in [0.15, 0.2) is 0 Å². The SMILES string of the molecule is CSC1CCCC1n1c(=O)[nH]c2cc(C(=O)O)ccc21. The molecular formula is C14H16N2O3S. The summed E-state index contributed by atoms with van der Waals surface area (Å²) in [5.74, 6) is -0.983. The van der Waals surface area contributed by atoms with Crippen molar-refractivity contribution < 1.29 is 9.90 Å². The standard InChI is InChI=1S/C14H16N2O3S/c1-20-12-4-2-3-11(12)16-10-6-5-8(13(17)18)7-9(10)15-14(16)19/h5-7,11-12H,2-4H2,1H3,(H,15,19)(H,17,18). The zero-order valence-corrected chi connectivity index (χ0v) is 11.9. The predicted molar refractivity (Wildman–Crippen MR) is 79.7 cm³/mol. The minimum absolute atomic E-state index is 0.145. The molecule has 1 saturated carbocycles. The van der Waals surface area contributed by atoms with Crippen molar-refractivity contribution in [1.29, 1.82) is 0 Å². The molecule has 1 aliphatic carbocycles. The summed E-state index contributed by atoms with van der Waals surface area (Å²) >= 11 is 1.80. The number of H-pyrrole nitrogens is 1. The summed E-state index contributed by atoms with van der Waals surface area (Å²) in [6.45, 7) is 0. The van der Waals surface area contributed by atoms with E-state index in [2.05, 4.69) is 11.2 Å². The largest absolute Gasteiger partial charge is 0.478 e. The summed E-state index contributed by atoms with van der Waals surface area (Å²) < 4.78 is 1.80. The fourth-order valence-electron chi connectivity index (χ4n) is 3.07. The zero-order valence-electron chi connectivity index (χ0n) is 11.1. The minimum Gasteiger partial charge on any atom is -0.478 e. The molecule has 1 aromatic carbocycles. The van der Waals surface area contributed by atoms with Gasteiger partial charge in [-0.05, 0) is 37.3 Å². The van der Waals surface area contributed by atoms with Crippen LogP contribution in [0.3, 0.4) is 0 Å². The van der Waals surface area contributed by atoms with Crippen LogP contribution in [0.1, 0.15) is 35.7 Å². The Bertz CT molecular complexity index is 719. The molecule has 0 bridgehead atoms. The summed E-state index contributed by atoms with van der Waals surface area (Å²) in [5.41, 5.74) is 1.44. The highest BCUT2D eigenvalue weighted by Gasteiger charge is 2.30. The first-order valence-corrected chi connectivity index (χ1v) is 7.91. The second-order valence-electron chi connectivity index (χ2n) is 5.11. The molecule has 3 rings (SSSR count). The molecule has 6 heteroatoms. The number of hydrogen-bond donors (Lipinski definition) is 2. The Balaban J connectivity index is 2.14. The topological polar surface area (TPSA) is 75.1 Å². The number of benzene rings is 1. The highest BCUT2D eigenvalue weighted by Crippen LogP contribution is 2.37. The maximum absolute atomic E-state index is 12.2. The smallest absolute Gasteiger partial charge is 0.335 e. The Kier molecular flexibility index (Phi) is 3.33. The average molecular weight is 292 g/mol. The second kappa shape index (κ2) is 5.01. The molecule has 20 heavy (non-hydrogen) atoms. The monoisotopic (exact) mass is 292 g/mol. The summed E-state index contributed by atoms with van der Waals surface area (Å²) in [6, 6.07) is 5.00. The molecule has 1 aliphatic rings. The van der Waals surface area contributed by atoms with Crippen molar-refractivity contribution >= 4 is 28.8 Å². The van der Waals surface area contributed by atoms with Crippen LogP contribution in [0.2, 0.25) is 0 Å². The molecule has 5 nitrogen and oxygen atoms in total. The summed E-state index contributed by atoms with van der Waals surface area (Å²) in [6.07, 6.45) is 5.32. The number of nitrogens with one attached hydrogen (secondary N) is 1. The Morgan fingerprint density at radius 3 is 2.95 bits per heavy atom. The second-order valence-corrected chi connectivity index (χ2v) is 6.19. The Labute approximate surface area is 120 Å². The van der Waals surface area contributed by atoms with Gasteiger partial charge in [-0.15, -0.1) is 0 Å². The highest BCUT2D eigenvalue weighted by molar-refractivity contribution is 7.99. The lowest BCUT2D eigenvalue weighted by molar-refractivity contribution is 0.0697. The first-order valence-electron chi connectivity index (χ1n) is 6.62. The molecule has 0 aliphatic heterocycles. The van der Waals surface area contributed by atoms with Gasteiger partial charge in [0.1, 0.15) is 0 Å². The van der Waals surface area contributed by atoms with E-state index in [0.29, 0.717) is 10.8 Å².